The van der Waals surface area contributed by atoms with Crippen LogP contribution in [0, 0.1) is 11.8 Å². The number of rotatable bonds is 10. The van der Waals surface area contributed by atoms with E-state index in [1.807, 2.05) is 0 Å². The van der Waals surface area contributed by atoms with Crippen LogP contribution < -0.4 is 0 Å². The van der Waals surface area contributed by atoms with Crippen molar-refractivity contribution in [1.29, 1.82) is 0 Å². The average Bonchev–Trinajstić information content (AvgIpc) is 2.99. The van der Waals surface area contributed by atoms with Crippen LogP contribution in [0.3, 0.4) is 0 Å². The van der Waals surface area contributed by atoms with Crippen LogP contribution >= 0.6 is 0 Å². The lowest BCUT2D eigenvalue weighted by molar-refractivity contribution is 0.510. The largest absolute Gasteiger partial charge is 0.100 e. The first-order chi connectivity index (χ1) is 10.6. The van der Waals surface area contributed by atoms with E-state index in [0.717, 1.165) is 11.8 Å². The van der Waals surface area contributed by atoms with E-state index < -0.39 is 0 Å². The summed E-state index contributed by atoms with van der Waals surface area (Å²) in [4.78, 5) is 0. The summed E-state index contributed by atoms with van der Waals surface area (Å²) in [6.45, 7) is 12.8. The molecule has 0 aliphatic heterocycles. The second kappa shape index (κ2) is 15.4. The molecule has 0 N–H and O–H groups in total. The van der Waals surface area contributed by atoms with E-state index in [4.69, 9.17) is 0 Å². The molecule has 130 valence electrons. The summed E-state index contributed by atoms with van der Waals surface area (Å²) in [6, 6.07) is 0. The van der Waals surface area contributed by atoms with Gasteiger partial charge in [-0.1, -0.05) is 83.4 Å². The second-order valence-electron chi connectivity index (χ2n) is 7.37. The summed E-state index contributed by atoms with van der Waals surface area (Å²) in [6.07, 6.45) is 21.4. The van der Waals surface area contributed by atoms with Crippen molar-refractivity contribution in [3.63, 3.8) is 0 Å². The molecule has 1 atom stereocenters. The highest BCUT2D eigenvalue weighted by Gasteiger charge is 2.10. The van der Waals surface area contributed by atoms with Gasteiger partial charge in [0.15, 0.2) is 0 Å². The molecule has 0 radical (unpaired) electrons. The lowest BCUT2D eigenvalue weighted by Crippen LogP contribution is -1.93. The second-order valence-corrected chi connectivity index (χ2v) is 7.37. The van der Waals surface area contributed by atoms with Crippen LogP contribution in [0.5, 0.6) is 0 Å². The van der Waals surface area contributed by atoms with Crippen molar-refractivity contribution in [3.05, 3.63) is 24.3 Å². The van der Waals surface area contributed by atoms with Gasteiger partial charge in [0.05, 0.1) is 0 Å². The summed E-state index contributed by atoms with van der Waals surface area (Å²) in [5.74, 6) is 1.82. The minimum Gasteiger partial charge on any atom is -0.100 e. The fourth-order valence-corrected chi connectivity index (χ4v) is 3.00. The van der Waals surface area contributed by atoms with Crippen LogP contribution in [0.1, 0.15) is 105 Å². The van der Waals surface area contributed by atoms with E-state index in [1.165, 1.54) is 82.6 Å². The predicted molar refractivity (Wildman–Crippen MR) is 103 cm³/mol. The monoisotopic (exact) mass is 306 g/mol. The molecule has 0 nitrogen and oxygen atoms in total. The highest BCUT2D eigenvalue weighted by Crippen LogP contribution is 2.26. The van der Waals surface area contributed by atoms with Gasteiger partial charge >= 0.3 is 0 Å². The number of allylic oxidation sites excluding steroid dienone is 3. The lowest BCUT2D eigenvalue weighted by atomic mass is 9.99. The number of hydrogen-bond acceptors (Lipinski definition) is 0. The van der Waals surface area contributed by atoms with Gasteiger partial charge in [0.1, 0.15) is 0 Å². The third kappa shape index (κ3) is 14.4. The Hall–Kier alpha value is -0.520. The van der Waals surface area contributed by atoms with Crippen molar-refractivity contribution < 1.29 is 0 Å². The molecule has 22 heavy (non-hydrogen) atoms. The summed E-state index contributed by atoms with van der Waals surface area (Å²) in [5, 5.41) is 0. The summed E-state index contributed by atoms with van der Waals surface area (Å²) in [5.41, 5.74) is 1.32. The molecular weight excluding hydrogens is 264 g/mol. The molecule has 0 amide bonds. The van der Waals surface area contributed by atoms with Gasteiger partial charge in [-0.05, 0) is 50.9 Å². The maximum atomic E-state index is 3.83. The minimum absolute atomic E-state index is 0.896. The molecule has 0 aromatic carbocycles. The van der Waals surface area contributed by atoms with Crippen LogP contribution in [0.2, 0.25) is 0 Å². The van der Waals surface area contributed by atoms with Crippen LogP contribution in [0.25, 0.3) is 0 Å². The molecular formula is C22H42. The molecule has 0 heteroatoms. The molecule has 0 heterocycles. The maximum Gasteiger partial charge on any atom is -0.0234 e. The Balaban J connectivity index is 0.000000472. The Kier molecular flexibility index (Phi) is 15.0. The van der Waals surface area contributed by atoms with E-state index in [1.54, 1.807) is 0 Å². The number of hydrogen-bond donors (Lipinski definition) is 0. The maximum absolute atomic E-state index is 3.83. The fraction of sp³-hybridized carbons (Fsp3) is 0.818. The van der Waals surface area contributed by atoms with Crippen molar-refractivity contribution in [2.45, 2.75) is 105 Å². The van der Waals surface area contributed by atoms with Crippen molar-refractivity contribution >= 4 is 0 Å². The molecule has 0 aromatic heterocycles. The molecule has 0 spiro atoms. The Morgan fingerprint density at radius 2 is 1.73 bits per heavy atom. The molecule has 1 fully saturated rings. The normalized spacial score (nSPS) is 16.5. The first-order valence-corrected chi connectivity index (χ1v) is 9.91. The standard InChI is InChI=1S/C14H26.C8H16/c1-3-4-8-13(2)9-7-12-14-10-5-6-11-14;1-4-5-6-7-8(2)3/h7,12-14H,3-6,8-11H2,1-2H3;2,4-7H2,1,3H3/b12-7+;. The first kappa shape index (κ1) is 21.5. The zero-order valence-corrected chi connectivity index (χ0v) is 16.0. The topological polar surface area (TPSA) is 0 Å². The Morgan fingerprint density at radius 1 is 1.09 bits per heavy atom. The molecule has 0 aromatic rings. The van der Waals surface area contributed by atoms with Crippen molar-refractivity contribution in [2.24, 2.45) is 11.8 Å². The minimum atomic E-state index is 0.896. The number of unbranched alkanes of at least 4 members (excludes halogenated alkanes) is 3. The Labute approximate surface area is 141 Å². The average molecular weight is 307 g/mol. The van der Waals surface area contributed by atoms with Gasteiger partial charge < -0.3 is 0 Å². The summed E-state index contributed by atoms with van der Waals surface area (Å²) in [7, 11) is 0. The van der Waals surface area contributed by atoms with E-state index in [2.05, 4.69) is 46.4 Å². The van der Waals surface area contributed by atoms with Gasteiger partial charge in [0.2, 0.25) is 0 Å². The zero-order valence-electron chi connectivity index (χ0n) is 16.0. The molecule has 1 aliphatic carbocycles. The van der Waals surface area contributed by atoms with Gasteiger partial charge in [0.25, 0.3) is 0 Å². The highest BCUT2D eigenvalue weighted by atomic mass is 14.2. The molecule has 0 bridgehead atoms. The molecule has 1 rings (SSSR count). The molecule has 0 saturated heterocycles. The lowest BCUT2D eigenvalue weighted by Gasteiger charge is -2.07. The zero-order chi connectivity index (χ0) is 16.6. The quantitative estimate of drug-likeness (QED) is 0.282. The van der Waals surface area contributed by atoms with Crippen LogP contribution in [-0.2, 0) is 0 Å². The predicted octanol–water partition coefficient (Wildman–Crippen LogP) is 8.09. The van der Waals surface area contributed by atoms with Crippen molar-refractivity contribution in [3.8, 4) is 0 Å². The van der Waals surface area contributed by atoms with E-state index in [-0.39, 0.29) is 0 Å². The van der Waals surface area contributed by atoms with E-state index in [9.17, 15) is 0 Å². The summed E-state index contributed by atoms with van der Waals surface area (Å²) < 4.78 is 0. The van der Waals surface area contributed by atoms with Crippen LogP contribution in [0.15, 0.2) is 24.3 Å². The molecule has 1 saturated carbocycles. The Bertz CT molecular complexity index is 268. The first-order valence-electron chi connectivity index (χ1n) is 9.91. The summed E-state index contributed by atoms with van der Waals surface area (Å²) >= 11 is 0. The van der Waals surface area contributed by atoms with Crippen molar-refractivity contribution in [2.75, 3.05) is 0 Å². The Morgan fingerprint density at radius 3 is 2.27 bits per heavy atom. The van der Waals surface area contributed by atoms with Gasteiger partial charge in [-0.2, -0.15) is 0 Å². The van der Waals surface area contributed by atoms with Crippen LogP contribution in [-0.4, -0.2) is 0 Å². The van der Waals surface area contributed by atoms with E-state index >= 15 is 0 Å². The van der Waals surface area contributed by atoms with Gasteiger partial charge in [-0.25, -0.2) is 0 Å². The third-order valence-electron chi connectivity index (χ3n) is 4.60. The smallest absolute Gasteiger partial charge is 0.0234 e. The van der Waals surface area contributed by atoms with Crippen molar-refractivity contribution in [1.82, 2.24) is 0 Å². The fourth-order valence-electron chi connectivity index (χ4n) is 3.00. The molecule has 1 aliphatic rings. The SMILES string of the molecule is C=C(C)CCCCC.CCCCC(C)C/C=C/C1CCCC1. The van der Waals surface area contributed by atoms with Gasteiger partial charge in [0, 0.05) is 0 Å². The van der Waals surface area contributed by atoms with Gasteiger partial charge in [-0.3, -0.25) is 0 Å². The highest BCUT2D eigenvalue weighted by molar-refractivity contribution is 4.91. The third-order valence-corrected chi connectivity index (χ3v) is 4.60. The van der Waals surface area contributed by atoms with E-state index in [0.29, 0.717) is 0 Å². The van der Waals surface area contributed by atoms with Gasteiger partial charge in [-0.15, -0.1) is 6.58 Å². The van der Waals surface area contributed by atoms with Crippen LogP contribution in [0.4, 0.5) is 0 Å². The molecule has 1 unspecified atom stereocenters.